The molecule has 6 fully saturated rings. The first-order chi connectivity index (χ1) is 17.4. The van der Waals surface area contributed by atoms with E-state index in [9.17, 15) is 14.4 Å². The van der Waals surface area contributed by atoms with Crippen LogP contribution in [0.25, 0.3) is 0 Å². The summed E-state index contributed by atoms with van der Waals surface area (Å²) in [5.41, 5.74) is 0.719. The highest BCUT2D eigenvalue weighted by atomic mass is 16.5. The third-order valence-corrected chi connectivity index (χ3v) is 11.1. The number of amides is 2. The predicted octanol–water partition coefficient (Wildman–Crippen LogP) is 4.51. The van der Waals surface area contributed by atoms with Crippen LogP contribution in [-0.4, -0.2) is 58.4 Å². The maximum atomic E-state index is 14.4. The molecule has 6 heteroatoms. The van der Waals surface area contributed by atoms with Crippen molar-refractivity contribution in [2.45, 2.75) is 91.9 Å². The summed E-state index contributed by atoms with van der Waals surface area (Å²) in [5.74, 6) is 1.72. The molecule has 0 radical (unpaired) electrons. The van der Waals surface area contributed by atoms with E-state index >= 15 is 0 Å². The maximum Gasteiger partial charge on any atom is 0.338 e. The fraction of sp³-hybridized carbons (Fsp3) is 0.710. The fourth-order valence-corrected chi connectivity index (χ4v) is 10.8. The lowest BCUT2D eigenvalue weighted by Gasteiger charge is -3.14. The van der Waals surface area contributed by atoms with Gasteiger partial charge in [-0.1, -0.05) is 12.1 Å². The van der Waals surface area contributed by atoms with Crippen molar-refractivity contribution in [2.24, 2.45) is 40.4 Å². The van der Waals surface area contributed by atoms with Gasteiger partial charge >= 0.3 is 5.97 Å². The molecule has 200 valence electrons. The first kappa shape index (κ1) is 24.9. The Bertz CT molecular complexity index is 1150. The van der Waals surface area contributed by atoms with E-state index in [-0.39, 0.29) is 64.1 Å². The van der Waals surface area contributed by atoms with Crippen molar-refractivity contribution in [3.8, 4) is 0 Å². The molecule has 1 aromatic rings. The number of nitrogens with zero attached hydrogens (tertiary/aromatic N) is 2. The molecule has 0 spiro atoms. The minimum absolute atomic E-state index is 0.129. The molecule has 6 aliphatic rings. The Morgan fingerprint density at radius 1 is 0.757 bits per heavy atom. The van der Waals surface area contributed by atoms with Crippen molar-refractivity contribution in [1.29, 1.82) is 0 Å². The van der Waals surface area contributed by atoms with Gasteiger partial charge in [0.1, 0.15) is 0 Å². The van der Waals surface area contributed by atoms with Gasteiger partial charge in [-0.05, 0) is 110 Å². The fourth-order valence-electron chi connectivity index (χ4n) is 10.8. The van der Waals surface area contributed by atoms with Crippen molar-refractivity contribution in [3.05, 3.63) is 35.4 Å². The van der Waals surface area contributed by atoms with Crippen LogP contribution in [0.5, 0.6) is 0 Å². The highest BCUT2D eigenvalue weighted by Crippen LogP contribution is 3.14. The number of esters is 1. The zero-order chi connectivity index (χ0) is 27.0. The number of hydrogen-bond donors (Lipinski definition) is 0. The second kappa shape index (κ2) is 7.39. The first-order valence-corrected chi connectivity index (χ1v) is 14.3. The molecular weight excluding hydrogens is 464 g/mol. The van der Waals surface area contributed by atoms with Gasteiger partial charge in [0.25, 0.3) is 0 Å². The number of carbonyl (C=O) groups excluding carboxylic acids is 3. The molecule has 2 amide bonds. The summed E-state index contributed by atoms with van der Waals surface area (Å²) in [4.78, 5) is 45.1. The standard InChI is InChI=1S/C31H42N2O4/c1-10-37-26(34)19-11-13-20(14-12-19)30-24-22-21-23(31(22,30)28(36)33(17(6)7)18(8)9)25(30)29(21,24)27(35)32(15(2)3)16(4)5/h11-18,21-25H,10H2,1-9H3/t21?,22-,23+,24-,25+,29?,30?,31?. The number of rotatable bonds is 9. The molecule has 6 nitrogen and oxygen atoms in total. The van der Waals surface area contributed by atoms with Crippen molar-refractivity contribution in [1.82, 2.24) is 9.80 Å². The number of carbonyl (C=O) groups is 3. The van der Waals surface area contributed by atoms with E-state index in [1.807, 2.05) is 24.3 Å². The second-order valence-electron chi connectivity index (χ2n) is 13.3. The van der Waals surface area contributed by atoms with E-state index in [4.69, 9.17) is 4.74 Å². The molecule has 1 aromatic carbocycles. The molecule has 6 saturated carbocycles. The van der Waals surface area contributed by atoms with Gasteiger partial charge in [-0.3, -0.25) is 9.59 Å². The van der Waals surface area contributed by atoms with Crippen LogP contribution in [-0.2, 0) is 19.7 Å². The largest absolute Gasteiger partial charge is 0.462 e. The molecule has 7 rings (SSSR count). The van der Waals surface area contributed by atoms with E-state index in [2.05, 4.69) is 65.2 Å². The molecule has 0 aromatic heterocycles. The van der Waals surface area contributed by atoms with Crippen LogP contribution in [0.3, 0.4) is 0 Å². The molecule has 8 atom stereocenters. The summed E-state index contributed by atoms with van der Waals surface area (Å²) in [6.07, 6.45) is 0. The van der Waals surface area contributed by atoms with E-state index in [0.717, 1.165) is 5.56 Å². The predicted molar refractivity (Wildman–Crippen MR) is 141 cm³/mol. The van der Waals surface area contributed by atoms with Gasteiger partial charge in [0, 0.05) is 29.6 Å². The smallest absolute Gasteiger partial charge is 0.338 e. The van der Waals surface area contributed by atoms with Crippen LogP contribution < -0.4 is 0 Å². The lowest BCUT2D eigenvalue weighted by atomic mass is 8.87. The van der Waals surface area contributed by atoms with Gasteiger partial charge in [-0.2, -0.15) is 0 Å². The monoisotopic (exact) mass is 506 g/mol. The summed E-state index contributed by atoms with van der Waals surface area (Å²) in [7, 11) is 0. The highest BCUT2D eigenvalue weighted by molar-refractivity contribution is 6.04. The Morgan fingerprint density at radius 3 is 1.65 bits per heavy atom. The van der Waals surface area contributed by atoms with Crippen molar-refractivity contribution < 1.29 is 19.1 Å². The second-order valence-corrected chi connectivity index (χ2v) is 13.3. The summed E-state index contributed by atoms with van der Waals surface area (Å²) >= 11 is 0. The Morgan fingerprint density at radius 2 is 1.22 bits per heavy atom. The molecule has 0 saturated heterocycles. The lowest BCUT2D eigenvalue weighted by molar-refractivity contribution is -0.641. The maximum absolute atomic E-state index is 14.4. The summed E-state index contributed by atoms with van der Waals surface area (Å²) < 4.78 is 5.20. The van der Waals surface area contributed by atoms with E-state index < -0.39 is 0 Å². The highest BCUT2D eigenvalue weighted by Gasteiger charge is 3.18. The summed E-state index contributed by atoms with van der Waals surface area (Å²) in [6.45, 7) is 19.0. The zero-order valence-corrected chi connectivity index (χ0v) is 23.7. The Hall–Kier alpha value is -2.37. The molecule has 4 unspecified atom stereocenters. The van der Waals surface area contributed by atoms with Crippen LogP contribution in [0.2, 0.25) is 0 Å². The number of hydrogen-bond acceptors (Lipinski definition) is 4. The summed E-state index contributed by atoms with van der Waals surface area (Å²) in [5, 5.41) is 0. The zero-order valence-electron chi connectivity index (χ0n) is 23.7. The SMILES string of the molecule is CCOC(=O)c1ccc(C23[C@@H]4[C@H]5C6[C@@H]([C@H]2C64C(=O)N(C(C)C)C(C)C)C53C(=O)N(C(C)C)C(C)C)cc1. The Balaban J connectivity index is 1.41. The van der Waals surface area contributed by atoms with Crippen LogP contribution >= 0.6 is 0 Å². The third kappa shape index (κ3) is 2.20. The van der Waals surface area contributed by atoms with Gasteiger partial charge in [0.15, 0.2) is 0 Å². The average Bonchev–Trinajstić information content (AvgIpc) is 2.82. The molecule has 6 aliphatic carbocycles. The topological polar surface area (TPSA) is 66.9 Å². The number of benzene rings is 1. The lowest BCUT2D eigenvalue weighted by Crippen LogP contribution is -3.18. The molecular formula is C31H42N2O4. The van der Waals surface area contributed by atoms with Crippen LogP contribution in [0.4, 0.5) is 0 Å². The molecule has 0 bridgehead atoms. The van der Waals surface area contributed by atoms with Gasteiger partial charge in [-0.15, -0.1) is 0 Å². The van der Waals surface area contributed by atoms with Crippen molar-refractivity contribution in [2.75, 3.05) is 6.61 Å². The van der Waals surface area contributed by atoms with Crippen molar-refractivity contribution in [3.63, 3.8) is 0 Å². The van der Waals surface area contributed by atoms with Crippen LogP contribution in [0.15, 0.2) is 24.3 Å². The molecule has 37 heavy (non-hydrogen) atoms. The van der Waals surface area contributed by atoms with Crippen LogP contribution in [0, 0.1) is 40.4 Å². The number of ether oxygens (including phenoxy) is 1. The minimum Gasteiger partial charge on any atom is -0.462 e. The van der Waals surface area contributed by atoms with E-state index in [1.165, 1.54) is 0 Å². The quantitative estimate of drug-likeness (QED) is 0.462. The molecule has 0 heterocycles. The Labute approximate surface area is 221 Å². The van der Waals surface area contributed by atoms with Gasteiger partial charge in [0.05, 0.1) is 23.0 Å². The van der Waals surface area contributed by atoms with E-state index in [1.54, 1.807) is 6.92 Å². The van der Waals surface area contributed by atoms with Crippen LogP contribution in [0.1, 0.15) is 78.2 Å². The summed E-state index contributed by atoms with van der Waals surface area (Å²) in [6, 6.07) is 8.34. The molecule has 0 aliphatic heterocycles. The van der Waals surface area contributed by atoms with Gasteiger partial charge in [-0.25, -0.2) is 4.79 Å². The van der Waals surface area contributed by atoms with Crippen molar-refractivity contribution >= 4 is 17.8 Å². The Kier molecular flexibility index (Phi) is 4.98. The third-order valence-electron chi connectivity index (χ3n) is 11.1. The van der Waals surface area contributed by atoms with Gasteiger partial charge in [0.2, 0.25) is 11.8 Å². The normalized spacial score (nSPS) is 38.8. The van der Waals surface area contributed by atoms with Gasteiger partial charge < -0.3 is 14.5 Å². The van der Waals surface area contributed by atoms with E-state index in [0.29, 0.717) is 35.8 Å². The molecule has 0 N–H and O–H groups in total. The minimum atomic E-state index is -0.379. The first-order valence-electron chi connectivity index (χ1n) is 14.3. The average molecular weight is 507 g/mol.